The summed E-state index contributed by atoms with van der Waals surface area (Å²) in [6, 6.07) is 15.1. The Morgan fingerprint density at radius 3 is 2.35 bits per heavy atom. The Hall–Kier alpha value is -3.02. The first-order valence-electron chi connectivity index (χ1n) is 9.81. The van der Waals surface area contributed by atoms with Gasteiger partial charge in [0.15, 0.2) is 0 Å². The largest absolute Gasteiger partial charge is 0.354 e. The predicted molar refractivity (Wildman–Crippen MR) is 130 cm³/mol. The number of nitrogens with zero attached hydrogens (tertiary/aromatic N) is 2. The maximum absolute atomic E-state index is 13.4. The van der Waals surface area contributed by atoms with E-state index in [0.717, 1.165) is 28.1 Å². The second-order valence-electron chi connectivity index (χ2n) is 7.08. The fourth-order valence-electron chi connectivity index (χ4n) is 3.03. The quantitative estimate of drug-likeness (QED) is 0.296. The van der Waals surface area contributed by atoms with E-state index >= 15 is 0 Å². The third kappa shape index (κ3) is 6.31. The molecule has 0 unspecified atom stereocenters. The SMILES string of the molecule is O=C(CN(c1ccc(Br)cc1)S(=O)(=O)c1ccc(Cl)c([N+](=O)[O-])c1)NCCc1ccc(F)cc1. The van der Waals surface area contributed by atoms with Gasteiger partial charge >= 0.3 is 0 Å². The molecule has 0 aliphatic carbocycles. The molecule has 0 aliphatic heterocycles. The normalized spacial score (nSPS) is 11.1. The number of carbonyl (C=O) groups is 1. The summed E-state index contributed by atoms with van der Waals surface area (Å²) in [5, 5.41) is 13.7. The zero-order valence-corrected chi connectivity index (χ0v) is 20.6. The smallest absolute Gasteiger partial charge is 0.289 e. The maximum atomic E-state index is 13.4. The number of benzene rings is 3. The molecule has 0 fully saturated rings. The van der Waals surface area contributed by atoms with Gasteiger partial charge in [0.25, 0.3) is 15.7 Å². The molecule has 0 aliphatic rings. The highest BCUT2D eigenvalue weighted by atomic mass is 79.9. The van der Waals surface area contributed by atoms with Gasteiger partial charge in [-0.15, -0.1) is 0 Å². The Morgan fingerprint density at radius 2 is 1.74 bits per heavy atom. The minimum atomic E-state index is -4.36. The summed E-state index contributed by atoms with van der Waals surface area (Å²) in [5.41, 5.74) is 0.421. The molecule has 0 spiro atoms. The first-order chi connectivity index (χ1) is 16.1. The standard InChI is InChI=1S/C22H18BrClFN3O5S/c23-16-3-7-18(8-4-16)27(14-22(29)26-12-11-15-1-5-17(25)6-2-15)34(32,33)19-9-10-20(24)21(13-19)28(30)31/h1-10,13H,11-12,14H2,(H,26,29). The van der Waals surface area contributed by atoms with Crippen LogP contribution in [0.4, 0.5) is 15.8 Å². The molecule has 1 N–H and O–H groups in total. The van der Waals surface area contributed by atoms with Crippen molar-refractivity contribution in [2.45, 2.75) is 11.3 Å². The van der Waals surface area contributed by atoms with Crippen molar-refractivity contribution in [2.24, 2.45) is 0 Å². The van der Waals surface area contributed by atoms with E-state index in [1.165, 1.54) is 24.3 Å². The van der Waals surface area contributed by atoms with Gasteiger partial charge in [0.2, 0.25) is 5.91 Å². The molecule has 0 heterocycles. The summed E-state index contributed by atoms with van der Waals surface area (Å²) in [7, 11) is -4.36. The topological polar surface area (TPSA) is 110 Å². The van der Waals surface area contributed by atoms with Crippen molar-refractivity contribution in [3.63, 3.8) is 0 Å². The zero-order chi connectivity index (χ0) is 24.9. The van der Waals surface area contributed by atoms with E-state index in [1.54, 1.807) is 24.3 Å². The van der Waals surface area contributed by atoms with Crippen molar-refractivity contribution in [3.05, 3.63) is 97.7 Å². The summed E-state index contributed by atoms with van der Waals surface area (Å²) in [5.74, 6) is -0.956. The van der Waals surface area contributed by atoms with Crippen LogP contribution in [0.15, 0.2) is 76.1 Å². The van der Waals surface area contributed by atoms with Gasteiger partial charge in [0.05, 0.1) is 15.5 Å². The number of nitro benzene ring substituents is 1. The number of halogens is 3. The number of amides is 1. The van der Waals surface area contributed by atoms with Crippen molar-refractivity contribution >= 4 is 54.8 Å². The lowest BCUT2D eigenvalue weighted by Crippen LogP contribution is -2.41. The summed E-state index contributed by atoms with van der Waals surface area (Å²) in [4.78, 5) is 22.7. The molecule has 3 rings (SSSR count). The van der Waals surface area contributed by atoms with E-state index in [2.05, 4.69) is 21.2 Å². The van der Waals surface area contributed by atoms with Crippen molar-refractivity contribution < 1.29 is 22.5 Å². The van der Waals surface area contributed by atoms with E-state index in [9.17, 15) is 27.7 Å². The Balaban J connectivity index is 1.84. The van der Waals surface area contributed by atoms with Crippen LogP contribution < -0.4 is 9.62 Å². The van der Waals surface area contributed by atoms with E-state index in [4.69, 9.17) is 11.6 Å². The van der Waals surface area contributed by atoms with Gasteiger partial charge in [0, 0.05) is 17.1 Å². The molecule has 3 aromatic carbocycles. The lowest BCUT2D eigenvalue weighted by atomic mass is 10.1. The molecular weight excluding hydrogens is 553 g/mol. The highest BCUT2D eigenvalue weighted by molar-refractivity contribution is 9.10. The number of rotatable bonds is 9. The fraction of sp³-hybridized carbons (Fsp3) is 0.136. The average Bonchev–Trinajstić information content (AvgIpc) is 2.79. The Bertz CT molecular complexity index is 1310. The molecule has 0 saturated heterocycles. The van der Waals surface area contributed by atoms with Gasteiger partial charge in [-0.2, -0.15) is 0 Å². The zero-order valence-electron chi connectivity index (χ0n) is 17.4. The van der Waals surface area contributed by atoms with Crippen LogP contribution in [0.1, 0.15) is 5.56 Å². The molecule has 12 heteroatoms. The van der Waals surface area contributed by atoms with Crippen LogP contribution >= 0.6 is 27.5 Å². The molecule has 0 bridgehead atoms. The van der Waals surface area contributed by atoms with Crippen LogP contribution in [0.3, 0.4) is 0 Å². The summed E-state index contributed by atoms with van der Waals surface area (Å²) < 4.78 is 41.4. The molecular formula is C22H18BrClFN3O5S. The minimum absolute atomic E-state index is 0.189. The van der Waals surface area contributed by atoms with E-state index in [1.807, 2.05) is 0 Å². The maximum Gasteiger partial charge on any atom is 0.289 e. The molecule has 0 radical (unpaired) electrons. The second-order valence-corrected chi connectivity index (χ2v) is 10.3. The van der Waals surface area contributed by atoms with E-state index in [-0.39, 0.29) is 28.0 Å². The lowest BCUT2D eigenvalue weighted by Gasteiger charge is -2.24. The van der Waals surface area contributed by atoms with E-state index in [0.29, 0.717) is 10.9 Å². The van der Waals surface area contributed by atoms with Crippen molar-refractivity contribution in [1.29, 1.82) is 0 Å². The van der Waals surface area contributed by atoms with Crippen molar-refractivity contribution in [1.82, 2.24) is 5.32 Å². The Morgan fingerprint density at radius 1 is 1.09 bits per heavy atom. The first-order valence-corrected chi connectivity index (χ1v) is 12.4. The molecule has 0 aromatic heterocycles. The fourth-order valence-corrected chi connectivity index (χ4v) is 4.92. The number of nitro groups is 1. The first kappa shape index (κ1) is 25.6. The number of sulfonamides is 1. The van der Waals surface area contributed by atoms with Crippen LogP contribution in [0.2, 0.25) is 5.02 Å². The molecule has 34 heavy (non-hydrogen) atoms. The highest BCUT2D eigenvalue weighted by Crippen LogP contribution is 2.31. The Labute approximate surface area is 208 Å². The van der Waals surface area contributed by atoms with Gasteiger partial charge in [-0.3, -0.25) is 19.2 Å². The van der Waals surface area contributed by atoms with Crippen LogP contribution in [-0.4, -0.2) is 32.3 Å². The molecule has 0 atom stereocenters. The molecule has 1 amide bonds. The van der Waals surface area contributed by atoms with Crippen LogP contribution in [0.5, 0.6) is 0 Å². The van der Waals surface area contributed by atoms with Gasteiger partial charge in [-0.1, -0.05) is 39.7 Å². The van der Waals surface area contributed by atoms with Crippen LogP contribution in [0, 0.1) is 15.9 Å². The predicted octanol–water partition coefficient (Wildman–Crippen LogP) is 4.70. The third-order valence-electron chi connectivity index (χ3n) is 4.75. The third-order valence-corrected chi connectivity index (χ3v) is 7.37. The lowest BCUT2D eigenvalue weighted by molar-refractivity contribution is -0.384. The average molecular weight is 571 g/mol. The minimum Gasteiger partial charge on any atom is -0.354 e. The highest BCUT2D eigenvalue weighted by Gasteiger charge is 2.29. The van der Waals surface area contributed by atoms with Crippen molar-refractivity contribution in [2.75, 3.05) is 17.4 Å². The van der Waals surface area contributed by atoms with Gasteiger partial charge < -0.3 is 5.32 Å². The molecule has 0 saturated carbocycles. The van der Waals surface area contributed by atoms with Gasteiger partial charge in [0.1, 0.15) is 17.4 Å². The summed E-state index contributed by atoms with van der Waals surface area (Å²) in [6.07, 6.45) is 0.417. The van der Waals surface area contributed by atoms with Crippen LogP contribution in [0.25, 0.3) is 0 Å². The monoisotopic (exact) mass is 569 g/mol. The van der Waals surface area contributed by atoms with Gasteiger partial charge in [-0.05, 0) is 60.5 Å². The van der Waals surface area contributed by atoms with Crippen LogP contribution in [-0.2, 0) is 21.2 Å². The summed E-state index contributed by atoms with van der Waals surface area (Å²) >= 11 is 9.09. The number of anilines is 1. The summed E-state index contributed by atoms with van der Waals surface area (Å²) in [6.45, 7) is -0.366. The molecule has 3 aromatic rings. The molecule has 178 valence electrons. The van der Waals surface area contributed by atoms with Crippen molar-refractivity contribution in [3.8, 4) is 0 Å². The Kier molecular flexibility index (Phi) is 8.24. The number of nitrogens with one attached hydrogen (secondary N) is 1. The van der Waals surface area contributed by atoms with Gasteiger partial charge in [-0.25, -0.2) is 12.8 Å². The number of hydrogen-bond donors (Lipinski definition) is 1. The number of hydrogen-bond acceptors (Lipinski definition) is 5. The molecule has 8 nitrogen and oxygen atoms in total. The number of carbonyl (C=O) groups excluding carboxylic acids is 1. The second kappa shape index (κ2) is 10.9. The van der Waals surface area contributed by atoms with E-state index < -0.39 is 33.1 Å².